The van der Waals surface area contributed by atoms with Gasteiger partial charge in [0.2, 0.25) is 21.9 Å². The maximum Gasteiger partial charge on any atom is 0.410 e. The van der Waals surface area contributed by atoms with Crippen LogP contribution in [0, 0.1) is 18.7 Å². The second-order valence-electron chi connectivity index (χ2n) is 13.3. The Morgan fingerprint density at radius 3 is 2.54 bits per heavy atom. The highest BCUT2D eigenvalue weighted by Crippen LogP contribution is 2.40. The van der Waals surface area contributed by atoms with Crippen LogP contribution in [0.2, 0.25) is 0 Å². The molecule has 4 aromatic rings. The van der Waals surface area contributed by atoms with Crippen molar-refractivity contribution in [3.63, 3.8) is 0 Å². The summed E-state index contributed by atoms with van der Waals surface area (Å²) in [5, 5.41) is 3.96. The van der Waals surface area contributed by atoms with E-state index in [0.717, 1.165) is 0 Å². The van der Waals surface area contributed by atoms with Crippen molar-refractivity contribution in [1.82, 2.24) is 19.9 Å². The van der Waals surface area contributed by atoms with Gasteiger partial charge in [0.15, 0.2) is 0 Å². The normalized spacial score (nSPS) is 17.0. The molecule has 1 aliphatic rings. The largest absolute Gasteiger partial charge is 0.444 e. The van der Waals surface area contributed by atoms with Crippen molar-refractivity contribution in [3.8, 4) is 22.9 Å². The molecule has 256 valence electrons. The number of aromatic nitrogens is 3. The van der Waals surface area contributed by atoms with Crippen LogP contribution in [0.3, 0.4) is 0 Å². The van der Waals surface area contributed by atoms with Gasteiger partial charge in [-0.05, 0) is 69.5 Å². The first kappa shape index (κ1) is 34.7. The van der Waals surface area contributed by atoms with Crippen LogP contribution in [0.25, 0.3) is 22.0 Å². The van der Waals surface area contributed by atoms with Gasteiger partial charge in [-0.3, -0.25) is 4.72 Å². The molecule has 11 nitrogen and oxygen atoms in total. The Balaban J connectivity index is 1.42. The summed E-state index contributed by atoms with van der Waals surface area (Å²) in [6, 6.07) is 10.8. The average molecular weight is 683 g/mol. The number of alkyl halides is 1. The number of amides is 1. The van der Waals surface area contributed by atoms with Gasteiger partial charge in [-0.25, -0.2) is 36.9 Å². The van der Waals surface area contributed by atoms with Gasteiger partial charge in [0.25, 0.3) is 0 Å². The number of aryl methyl sites for hydroxylation is 1. The van der Waals surface area contributed by atoms with E-state index >= 15 is 4.39 Å². The molecule has 0 radical (unpaired) electrons. The number of hydrogen-bond acceptors (Lipinski definition) is 9. The predicted octanol–water partition coefficient (Wildman–Crippen LogP) is 7.09. The van der Waals surface area contributed by atoms with Crippen LogP contribution in [0.1, 0.15) is 46.6 Å². The predicted molar refractivity (Wildman–Crippen MR) is 181 cm³/mol. The third-order valence-corrected chi connectivity index (χ3v) is 9.01. The molecule has 2 unspecified atom stereocenters. The van der Waals surface area contributed by atoms with Crippen LogP contribution >= 0.6 is 0 Å². The highest BCUT2D eigenvalue weighted by Gasteiger charge is 2.33. The molecule has 2 N–H and O–H groups in total. The molecule has 3 heterocycles. The van der Waals surface area contributed by atoms with Gasteiger partial charge in [0.1, 0.15) is 23.3 Å². The highest BCUT2D eigenvalue weighted by atomic mass is 32.2. The monoisotopic (exact) mass is 682 g/mol. The van der Waals surface area contributed by atoms with E-state index in [1.165, 1.54) is 17.0 Å². The summed E-state index contributed by atoms with van der Waals surface area (Å²) in [4.78, 5) is 27.4. The fourth-order valence-electron chi connectivity index (χ4n) is 5.48. The first-order valence-corrected chi connectivity index (χ1v) is 17.3. The van der Waals surface area contributed by atoms with Crippen molar-refractivity contribution >= 4 is 38.5 Å². The number of likely N-dealkylation sites (tertiary alicyclic amines) is 1. The lowest BCUT2D eigenvalue weighted by Gasteiger charge is -2.36. The summed E-state index contributed by atoms with van der Waals surface area (Å²) in [7, 11) is -3.81. The molecule has 48 heavy (non-hydrogen) atoms. The van der Waals surface area contributed by atoms with E-state index in [1.54, 1.807) is 77.3 Å². The number of fused-ring (bicyclic) bond motifs is 1. The minimum absolute atomic E-state index is 0.0596. The van der Waals surface area contributed by atoms with E-state index in [4.69, 9.17) is 9.47 Å². The van der Waals surface area contributed by atoms with Crippen LogP contribution in [0.15, 0.2) is 54.9 Å². The molecule has 2 aromatic carbocycles. The number of pyridine rings is 1. The average Bonchev–Trinajstić information content (AvgIpc) is 2.98. The third-order valence-electron chi connectivity index (χ3n) is 7.39. The van der Waals surface area contributed by atoms with Crippen LogP contribution in [0.5, 0.6) is 11.6 Å². The van der Waals surface area contributed by atoms with E-state index in [9.17, 15) is 17.6 Å². The Hall–Kier alpha value is -4.59. The van der Waals surface area contributed by atoms with Crippen molar-refractivity contribution in [2.24, 2.45) is 5.92 Å². The zero-order valence-electron chi connectivity index (χ0n) is 27.8. The number of ether oxygens (including phenoxy) is 2. The van der Waals surface area contributed by atoms with Crippen molar-refractivity contribution < 1.29 is 31.5 Å². The van der Waals surface area contributed by atoms with Crippen LogP contribution in [-0.2, 0) is 14.8 Å². The van der Waals surface area contributed by atoms with Gasteiger partial charge in [-0.2, -0.15) is 0 Å². The first-order chi connectivity index (χ1) is 22.6. The third kappa shape index (κ3) is 8.46. The van der Waals surface area contributed by atoms with E-state index in [0.29, 0.717) is 33.3 Å². The van der Waals surface area contributed by atoms with Gasteiger partial charge in [0.05, 0.1) is 29.2 Å². The molecule has 1 saturated heterocycles. The number of nitrogens with zero attached hydrogens (tertiary/aromatic N) is 4. The fraction of sp³-hybridized carbons (Fsp3) is 0.412. The molecule has 0 saturated carbocycles. The first-order valence-electron chi connectivity index (χ1n) is 15.7. The lowest BCUT2D eigenvalue weighted by atomic mass is 10.0. The smallest absolute Gasteiger partial charge is 0.410 e. The second-order valence-corrected chi connectivity index (χ2v) is 15.1. The quantitative estimate of drug-likeness (QED) is 0.190. The topological polar surface area (TPSA) is 136 Å². The number of halogens is 2. The van der Waals surface area contributed by atoms with Crippen LogP contribution in [0.4, 0.5) is 25.2 Å². The molecule has 2 atom stereocenters. The molecular formula is C34H40F2N6O5S. The molecule has 5 rings (SSSR count). The number of piperidine rings is 1. The molecule has 1 amide bonds. The van der Waals surface area contributed by atoms with Crippen LogP contribution in [-0.4, -0.2) is 71.0 Å². The van der Waals surface area contributed by atoms with Gasteiger partial charge in [0, 0.05) is 42.2 Å². The van der Waals surface area contributed by atoms with Crippen molar-refractivity contribution in [2.75, 3.05) is 28.9 Å². The number of carbonyl (C=O) groups excluding carboxylic acids is 1. The molecule has 2 aromatic heterocycles. The number of rotatable bonds is 9. The molecular weight excluding hydrogens is 642 g/mol. The Kier molecular flexibility index (Phi) is 10.0. The van der Waals surface area contributed by atoms with E-state index in [1.807, 2.05) is 6.92 Å². The molecule has 1 fully saturated rings. The number of sulfonamides is 1. The minimum atomic E-state index is -3.81. The second kappa shape index (κ2) is 13.9. The number of benzene rings is 2. The fourth-order valence-corrected chi connectivity index (χ4v) is 6.96. The van der Waals surface area contributed by atoms with Crippen molar-refractivity contribution in [2.45, 2.75) is 65.8 Å². The van der Waals surface area contributed by atoms with Crippen LogP contribution < -0.4 is 14.8 Å². The molecule has 0 bridgehead atoms. The Labute approximate surface area is 279 Å². The summed E-state index contributed by atoms with van der Waals surface area (Å²) in [5.41, 5.74) is 0.812. The van der Waals surface area contributed by atoms with E-state index < -0.39 is 39.7 Å². The number of hydrogen-bond donors (Lipinski definition) is 2. The van der Waals surface area contributed by atoms with Gasteiger partial charge in [-0.15, -0.1) is 0 Å². The maximum atomic E-state index is 15.0. The number of anilines is 2. The minimum Gasteiger partial charge on any atom is -0.444 e. The zero-order valence-corrected chi connectivity index (χ0v) is 28.6. The molecule has 0 aliphatic carbocycles. The van der Waals surface area contributed by atoms with Gasteiger partial charge < -0.3 is 19.7 Å². The molecule has 14 heteroatoms. The lowest BCUT2D eigenvalue weighted by molar-refractivity contribution is 0.0124. The standard InChI is InChI=1S/C34H40F2N6O5S/c1-20(2)19-48(44,45)41-29-24-10-9-21(3)30(25(24)11-12-27(29)36)46-31-26(8-7-14-37-31)28-13-15-38-32(40-28)39-23-16-22(35)17-42(18-23)33(43)47-34(4,5)6/h7-15,20,22-23,41H,16-19H2,1-6H3,(H,38,39,40). The highest BCUT2D eigenvalue weighted by molar-refractivity contribution is 7.92. The Morgan fingerprint density at radius 2 is 1.81 bits per heavy atom. The Bertz CT molecular complexity index is 1920. The molecule has 1 aliphatic heterocycles. The number of nitrogens with one attached hydrogen (secondary N) is 2. The SMILES string of the molecule is Cc1ccc2c(NS(=O)(=O)CC(C)C)c(F)ccc2c1Oc1ncccc1-c1ccnc(NC2CC(F)CN(C(=O)OC(C)(C)C)C2)n1. The maximum absolute atomic E-state index is 15.0. The summed E-state index contributed by atoms with van der Waals surface area (Å²) in [6.07, 6.45) is 1.41. The van der Waals surface area contributed by atoms with E-state index in [-0.39, 0.29) is 48.7 Å². The zero-order chi connectivity index (χ0) is 34.8. The van der Waals surface area contributed by atoms with E-state index in [2.05, 4.69) is 25.0 Å². The summed E-state index contributed by atoms with van der Waals surface area (Å²) in [5.74, 6) is -0.250. The Morgan fingerprint density at radius 1 is 1.06 bits per heavy atom. The number of carbonyl (C=O) groups is 1. The van der Waals surface area contributed by atoms with Crippen molar-refractivity contribution in [3.05, 3.63) is 66.2 Å². The van der Waals surface area contributed by atoms with Gasteiger partial charge >= 0.3 is 6.09 Å². The van der Waals surface area contributed by atoms with Gasteiger partial charge in [-0.1, -0.05) is 26.0 Å². The molecule has 0 spiro atoms. The summed E-state index contributed by atoms with van der Waals surface area (Å²) < 4.78 is 69.4. The lowest BCUT2D eigenvalue weighted by Crippen LogP contribution is -2.51. The van der Waals surface area contributed by atoms with Crippen molar-refractivity contribution in [1.29, 1.82) is 0 Å². The summed E-state index contributed by atoms with van der Waals surface area (Å²) >= 11 is 0. The summed E-state index contributed by atoms with van der Waals surface area (Å²) in [6.45, 7) is 10.8.